The molecule has 0 bridgehead atoms. The van der Waals surface area contributed by atoms with Crippen LogP contribution in [0.4, 0.5) is 0 Å². The zero-order chi connectivity index (χ0) is 19.4. The summed E-state index contributed by atoms with van der Waals surface area (Å²) in [6, 6.07) is 16.7. The summed E-state index contributed by atoms with van der Waals surface area (Å²) < 4.78 is 1.24. The Balaban J connectivity index is 1.85. The van der Waals surface area contributed by atoms with Gasteiger partial charge in [-0.05, 0) is 24.6 Å². The largest absolute Gasteiger partial charge is 0.493 e. The maximum atomic E-state index is 12.6. The van der Waals surface area contributed by atoms with Crippen LogP contribution in [-0.2, 0) is 4.79 Å². The van der Waals surface area contributed by atoms with Gasteiger partial charge in [0.05, 0.1) is 18.2 Å². The number of carbonyl (C=O) groups is 2. The third-order valence-electron chi connectivity index (χ3n) is 4.05. The molecule has 0 aliphatic rings. The van der Waals surface area contributed by atoms with E-state index in [0.717, 1.165) is 5.56 Å². The highest BCUT2D eigenvalue weighted by Gasteiger charge is 2.22. The number of para-hydroxylation sites is 1. The molecular formula is C20H19N3O4. The van der Waals surface area contributed by atoms with Gasteiger partial charge in [-0.3, -0.25) is 9.59 Å². The van der Waals surface area contributed by atoms with E-state index in [0.29, 0.717) is 11.3 Å². The third kappa shape index (κ3) is 4.33. The van der Waals surface area contributed by atoms with Crippen molar-refractivity contribution >= 4 is 11.9 Å². The number of aromatic hydroxyl groups is 1. The minimum Gasteiger partial charge on any atom is -0.493 e. The molecule has 1 atom stereocenters. The second-order valence-corrected chi connectivity index (χ2v) is 6.17. The smallest absolute Gasteiger partial charge is 0.305 e. The number of hydrogen-bond acceptors (Lipinski definition) is 4. The van der Waals surface area contributed by atoms with E-state index in [1.54, 1.807) is 30.3 Å². The second-order valence-electron chi connectivity index (χ2n) is 6.17. The minimum absolute atomic E-state index is 0.000560. The molecule has 0 aliphatic heterocycles. The zero-order valence-corrected chi connectivity index (χ0v) is 14.7. The Kier molecular flexibility index (Phi) is 5.21. The molecule has 1 aromatic heterocycles. The molecule has 0 aliphatic carbocycles. The first-order valence-corrected chi connectivity index (χ1v) is 8.37. The normalized spacial score (nSPS) is 11.7. The number of aromatic nitrogens is 2. The van der Waals surface area contributed by atoms with Crippen molar-refractivity contribution in [1.29, 1.82) is 0 Å². The third-order valence-corrected chi connectivity index (χ3v) is 4.05. The molecule has 3 N–H and O–H groups in total. The lowest BCUT2D eigenvalue weighted by molar-refractivity contribution is -0.137. The Hall–Kier alpha value is -3.61. The van der Waals surface area contributed by atoms with Crippen LogP contribution < -0.4 is 5.32 Å². The number of aryl methyl sites for hydroxylation is 1. The molecule has 0 radical (unpaired) electrons. The van der Waals surface area contributed by atoms with Gasteiger partial charge in [-0.25, -0.2) is 4.68 Å². The molecule has 1 heterocycles. The molecule has 27 heavy (non-hydrogen) atoms. The van der Waals surface area contributed by atoms with Gasteiger partial charge in [0.1, 0.15) is 0 Å². The van der Waals surface area contributed by atoms with Crippen LogP contribution in [0.1, 0.15) is 34.1 Å². The topological polar surface area (TPSA) is 104 Å². The van der Waals surface area contributed by atoms with Gasteiger partial charge in [0.25, 0.3) is 5.91 Å². The molecule has 0 spiro atoms. The first-order chi connectivity index (χ1) is 12.9. The summed E-state index contributed by atoms with van der Waals surface area (Å²) in [7, 11) is 0. The molecule has 0 unspecified atom stereocenters. The van der Waals surface area contributed by atoms with Gasteiger partial charge in [0.15, 0.2) is 5.69 Å². The van der Waals surface area contributed by atoms with E-state index in [1.165, 1.54) is 10.7 Å². The number of carbonyl (C=O) groups excluding carboxylic acids is 1. The average Bonchev–Trinajstić information content (AvgIpc) is 3.03. The zero-order valence-electron chi connectivity index (χ0n) is 14.7. The molecule has 1 amide bonds. The van der Waals surface area contributed by atoms with Crippen LogP contribution in [0, 0.1) is 6.92 Å². The fraction of sp³-hybridized carbons (Fsp3) is 0.150. The van der Waals surface area contributed by atoms with E-state index in [1.807, 2.05) is 31.2 Å². The monoisotopic (exact) mass is 365 g/mol. The maximum absolute atomic E-state index is 12.6. The SMILES string of the molecule is Cc1cccc([C@H](CC(=O)O)NC(=O)c2cc(O)n(-c3ccccc3)n2)c1. The predicted molar refractivity (Wildman–Crippen MR) is 98.9 cm³/mol. The lowest BCUT2D eigenvalue weighted by Crippen LogP contribution is -2.30. The van der Waals surface area contributed by atoms with Crippen LogP contribution >= 0.6 is 0 Å². The van der Waals surface area contributed by atoms with Gasteiger partial charge in [0.2, 0.25) is 5.88 Å². The lowest BCUT2D eigenvalue weighted by Gasteiger charge is -2.17. The van der Waals surface area contributed by atoms with Crippen molar-refractivity contribution in [1.82, 2.24) is 15.1 Å². The highest BCUT2D eigenvalue weighted by Crippen LogP contribution is 2.21. The summed E-state index contributed by atoms with van der Waals surface area (Å²) in [5, 5.41) is 26.1. The highest BCUT2D eigenvalue weighted by molar-refractivity contribution is 5.93. The molecule has 3 aromatic rings. The molecule has 3 rings (SSSR count). The van der Waals surface area contributed by atoms with Crippen LogP contribution in [0.15, 0.2) is 60.7 Å². The molecule has 0 saturated carbocycles. The van der Waals surface area contributed by atoms with Crippen LogP contribution in [0.5, 0.6) is 5.88 Å². The summed E-state index contributed by atoms with van der Waals surface area (Å²) >= 11 is 0. The summed E-state index contributed by atoms with van der Waals surface area (Å²) in [5.41, 5.74) is 2.26. The van der Waals surface area contributed by atoms with Gasteiger partial charge in [0, 0.05) is 6.07 Å². The lowest BCUT2D eigenvalue weighted by atomic mass is 10.0. The molecule has 0 fully saturated rings. The summed E-state index contributed by atoms with van der Waals surface area (Å²) in [5.74, 6) is -1.77. The van der Waals surface area contributed by atoms with Gasteiger partial charge in [-0.2, -0.15) is 5.10 Å². The number of carboxylic acid groups (broad SMARTS) is 1. The number of benzene rings is 2. The number of nitrogens with zero attached hydrogens (tertiary/aromatic N) is 2. The van der Waals surface area contributed by atoms with Crippen molar-refractivity contribution < 1.29 is 19.8 Å². The number of aliphatic carboxylic acids is 1. The molecule has 0 saturated heterocycles. The average molecular weight is 365 g/mol. The molecule has 7 nitrogen and oxygen atoms in total. The first-order valence-electron chi connectivity index (χ1n) is 8.37. The molecule has 2 aromatic carbocycles. The fourth-order valence-corrected chi connectivity index (χ4v) is 2.79. The van der Waals surface area contributed by atoms with E-state index in [4.69, 9.17) is 0 Å². The van der Waals surface area contributed by atoms with Crippen molar-refractivity contribution in [2.75, 3.05) is 0 Å². The summed E-state index contributed by atoms with van der Waals surface area (Å²) in [6.45, 7) is 1.89. The van der Waals surface area contributed by atoms with Crippen molar-refractivity contribution in [2.24, 2.45) is 0 Å². The second kappa shape index (κ2) is 7.74. The van der Waals surface area contributed by atoms with Gasteiger partial charge in [-0.1, -0.05) is 48.0 Å². The van der Waals surface area contributed by atoms with Crippen LogP contribution in [0.3, 0.4) is 0 Å². The van der Waals surface area contributed by atoms with E-state index in [9.17, 15) is 19.8 Å². The quantitative estimate of drug-likeness (QED) is 0.623. The molecular weight excluding hydrogens is 346 g/mol. The maximum Gasteiger partial charge on any atom is 0.305 e. The van der Waals surface area contributed by atoms with E-state index in [-0.39, 0.29) is 18.0 Å². The molecule has 138 valence electrons. The highest BCUT2D eigenvalue weighted by atomic mass is 16.4. The number of amides is 1. The van der Waals surface area contributed by atoms with Crippen molar-refractivity contribution in [3.63, 3.8) is 0 Å². The van der Waals surface area contributed by atoms with Crippen molar-refractivity contribution in [3.05, 3.63) is 77.5 Å². The standard InChI is InChI=1S/C20H19N3O4/c1-13-6-5-7-14(10-13)16(12-19(25)26)21-20(27)17-11-18(24)23(22-17)15-8-3-2-4-9-15/h2-11,16,24H,12H2,1H3,(H,21,27)(H,25,26)/t16-/m0/s1. The van der Waals surface area contributed by atoms with E-state index >= 15 is 0 Å². The van der Waals surface area contributed by atoms with Crippen molar-refractivity contribution in [2.45, 2.75) is 19.4 Å². The Morgan fingerprint density at radius 2 is 1.85 bits per heavy atom. The van der Waals surface area contributed by atoms with Gasteiger partial charge < -0.3 is 15.5 Å². The van der Waals surface area contributed by atoms with Crippen LogP contribution in [0.2, 0.25) is 0 Å². The Morgan fingerprint density at radius 1 is 1.11 bits per heavy atom. The van der Waals surface area contributed by atoms with Crippen molar-refractivity contribution in [3.8, 4) is 11.6 Å². The first kappa shape index (κ1) is 18.2. The number of rotatable bonds is 6. The predicted octanol–water partition coefficient (Wildman–Crippen LogP) is 2.83. The minimum atomic E-state index is -1.03. The number of hydrogen-bond donors (Lipinski definition) is 3. The fourth-order valence-electron chi connectivity index (χ4n) is 2.79. The summed E-state index contributed by atoms with van der Waals surface area (Å²) in [6.07, 6.45) is -0.263. The summed E-state index contributed by atoms with van der Waals surface area (Å²) in [4.78, 5) is 23.8. The number of carboxylic acids is 1. The number of nitrogens with one attached hydrogen (secondary N) is 1. The van der Waals surface area contributed by atoms with E-state index in [2.05, 4.69) is 10.4 Å². The van der Waals surface area contributed by atoms with Gasteiger partial charge >= 0.3 is 5.97 Å². The van der Waals surface area contributed by atoms with Gasteiger partial charge in [-0.15, -0.1) is 0 Å². The van der Waals surface area contributed by atoms with E-state index < -0.39 is 17.9 Å². The van der Waals surface area contributed by atoms with Crippen LogP contribution in [0.25, 0.3) is 5.69 Å². The Morgan fingerprint density at radius 3 is 2.52 bits per heavy atom. The Bertz CT molecular complexity index is 966. The van der Waals surface area contributed by atoms with Crippen LogP contribution in [-0.4, -0.2) is 31.9 Å². The molecule has 7 heteroatoms. The Labute approximate surface area is 155 Å².